The fraction of sp³-hybridized carbons (Fsp3) is 0.286. The lowest BCUT2D eigenvalue weighted by Crippen LogP contribution is -2.34. The fourth-order valence-electron chi connectivity index (χ4n) is 2.00. The maximum absolute atomic E-state index is 12.4. The molecule has 1 heterocycles. The van der Waals surface area contributed by atoms with Crippen molar-refractivity contribution in [3.8, 4) is 0 Å². The molecule has 0 radical (unpaired) electrons. The maximum Gasteiger partial charge on any atom is 0.362 e. The molecule has 0 spiro atoms. The fourth-order valence-corrected chi connectivity index (χ4v) is 2.00. The maximum atomic E-state index is 12.4. The van der Waals surface area contributed by atoms with E-state index in [4.69, 9.17) is 5.73 Å². The number of carbonyl (C=O) groups excluding carboxylic acids is 2. The van der Waals surface area contributed by atoms with Gasteiger partial charge in [-0.15, -0.1) is 5.10 Å². The molecule has 0 aliphatic heterocycles. The van der Waals surface area contributed by atoms with Gasteiger partial charge in [-0.05, 0) is 19.1 Å². The lowest BCUT2D eigenvalue weighted by atomic mass is 10.3. The average molecular weight is 303 g/mol. The molecule has 0 saturated heterocycles. The van der Waals surface area contributed by atoms with Crippen LogP contribution in [-0.2, 0) is 16.1 Å². The Labute approximate surface area is 127 Å². The summed E-state index contributed by atoms with van der Waals surface area (Å²) in [6, 6.07) is 9.26. The highest BCUT2D eigenvalue weighted by molar-refractivity contribution is 5.94. The van der Waals surface area contributed by atoms with Gasteiger partial charge in [0.25, 0.3) is 0 Å². The second kappa shape index (κ2) is 6.70. The minimum atomic E-state index is -0.688. The molecule has 1 amide bonds. The van der Waals surface area contributed by atoms with Crippen LogP contribution >= 0.6 is 0 Å². The van der Waals surface area contributed by atoms with Crippen LogP contribution in [0.5, 0.6) is 0 Å². The van der Waals surface area contributed by atoms with Crippen LogP contribution in [0.25, 0.3) is 0 Å². The van der Waals surface area contributed by atoms with E-state index >= 15 is 0 Å². The van der Waals surface area contributed by atoms with E-state index < -0.39 is 5.97 Å². The molecule has 0 unspecified atom stereocenters. The standard InChI is InChI=1S/C14H17N5O3/c1-3-18(10-7-5-4-6-8-10)11(20)9-19-13(15)12(16-17-19)14(21)22-2/h4-8H,3,9,15H2,1-2H3. The van der Waals surface area contributed by atoms with Gasteiger partial charge in [0.1, 0.15) is 6.54 Å². The molecule has 2 rings (SSSR count). The van der Waals surface area contributed by atoms with Crippen LogP contribution in [-0.4, -0.2) is 40.5 Å². The molecule has 0 bridgehead atoms. The minimum absolute atomic E-state index is 0.00400. The van der Waals surface area contributed by atoms with Gasteiger partial charge in [-0.1, -0.05) is 23.4 Å². The number of benzene rings is 1. The number of esters is 1. The quantitative estimate of drug-likeness (QED) is 0.815. The Kier molecular flexibility index (Phi) is 4.72. The van der Waals surface area contributed by atoms with Gasteiger partial charge in [-0.25, -0.2) is 9.48 Å². The van der Waals surface area contributed by atoms with Gasteiger partial charge in [0.2, 0.25) is 11.6 Å². The smallest absolute Gasteiger partial charge is 0.362 e. The van der Waals surface area contributed by atoms with E-state index in [0.29, 0.717) is 6.54 Å². The van der Waals surface area contributed by atoms with Crippen molar-refractivity contribution in [2.75, 3.05) is 24.3 Å². The zero-order valence-corrected chi connectivity index (χ0v) is 12.4. The van der Waals surface area contributed by atoms with Crippen LogP contribution in [0.3, 0.4) is 0 Å². The van der Waals surface area contributed by atoms with Crippen molar-refractivity contribution < 1.29 is 14.3 Å². The number of aromatic nitrogens is 3. The first kappa shape index (κ1) is 15.5. The molecule has 8 heteroatoms. The number of amides is 1. The van der Waals surface area contributed by atoms with Crippen molar-refractivity contribution >= 4 is 23.4 Å². The molecule has 116 valence electrons. The third-order valence-electron chi connectivity index (χ3n) is 3.12. The van der Waals surface area contributed by atoms with E-state index in [2.05, 4.69) is 15.0 Å². The molecule has 1 aromatic carbocycles. The van der Waals surface area contributed by atoms with Gasteiger partial charge in [0, 0.05) is 12.2 Å². The van der Waals surface area contributed by atoms with Gasteiger partial charge in [-0.2, -0.15) is 0 Å². The molecule has 0 aliphatic carbocycles. The summed E-state index contributed by atoms with van der Waals surface area (Å²) in [5, 5.41) is 7.37. The van der Waals surface area contributed by atoms with E-state index in [1.54, 1.807) is 4.90 Å². The first-order valence-electron chi connectivity index (χ1n) is 6.71. The zero-order chi connectivity index (χ0) is 16.1. The molecular weight excluding hydrogens is 286 g/mol. The first-order chi connectivity index (χ1) is 10.6. The zero-order valence-electron chi connectivity index (χ0n) is 12.4. The number of likely N-dealkylation sites (N-methyl/N-ethyl adjacent to an activating group) is 1. The molecule has 0 atom stereocenters. The van der Waals surface area contributed by atoms with Crippen LogP contribution in [0, 0.1) is 0 Å². The molecule has 1 aromatic heterocycles. The van der Waals surface area contributed by atoms with E-state index in [9.17, 15) is 9.59 Å². The second-order valence-corrected chi connectivity index (χ2v) is 4.45. The molecule has 0 aliphatic rings. The number of hydrogen-bond acceptors (Lipinski definition) is 6. The Hall–Kier alpha value is -2.90. The summed E-state index contributed by atoms with van der Waals surface area (Å²) in [5.74, 6) is -0.891. The van der Waals surface area contributed by atoms with Gasteiger partial charge < -0.3 is 15.4 Å². The number of carbonyl (C=O) groups is 2. The van der Waals surface area contributed by atoms with Crippen LogP contribution in [0.15, 0.2) is 30.3 Å². The summed E-state index contributed by atoms with van der Waals surface area (Å²) >= 11 is 0. The van der Waals surface area contributed by atoms with Gasteiger partial charge in [-0.3, -0.25) is 4.79 Å². The Morgan fingerprint density at radius 3 is 2.59 bits per heavy atom. The van der Waals surface area contributed by atoms with Gasteiger partial charge >= 0.3 is 5.97 Å². The first-order valence-corrected chi connectivity index (χ1v) is 6.71. The SMILES string of the molecule is CCN(C(=O)Cn1nnc(C(=O)OC)c1N)c1ccccc1. The summed E-state index contributed by atoms with van der Waals surface area (Å²) in [7, 11) is 1.22. The summed E-state index contributed by atoms with van der Waals surface area (Å²) in [6.07, 6.45) is 0. The van der Waals surface area contributed by atoms with Crippen LogP contribution in [0.1, 0.15) is 17.4 Å². The molecule has 22 heavy (non-hydrogen) atoms. The highest BCUT2D eigenvalue weighted by atomic mass is 16.5. The predicted molar refractivity (Wildman–Crippen MR) is 80.2 cm³/mol. The average Bonchev–Trinajstić information content (AvgIpc) is 2.89. The number of anilines is 2. The van der Waals surface area contributed by atoms with Crippen molar-refractivity contribution in [1.29, 1.82) is 0 Å². The number of hydrogen-bond donors (Lipinski definition) is 1. The predicted octanol–water partition coefficient (Wildman–Crippen LogP) is 0.700. The van der Waals surface area contributed by atoms with Crippen LogP contribution < -0.4 is 10.6 Å². The molecular formula is C14H17N5O3. The van der Waals surface area contributed by atoms with Crippen molar-refractivity contribution in [1.82, 2.24) is 15.0 Å². The van der Waals surface area contributed by atoms with Crippen LogP contribution in [0.4, 0.5) is 11.5 Å². The van der Waals surface area contributed by atoms with Crippen molar-refractivity contribution in [2.45, 2.75) is 13.5 Å². The summed E-state index contributed by atoms with van der Waals surface area (Å²) < 4.78 is 5.72. The molecule has 8 nitrogen and oxygen atoms in total. The van der Waals surface area contributed by atoms with E-state index in [1.807, 2.05) is 37.3 Å². The van der Waals surface area contributed by atoms with Crippen molar-refractivity contribution in [3.63, 3.8) is 0 Å². The third kappa shape index (κ3) is 3.05. The Bertz CT molecular complexity index is 668. The minimum Gasteiger partial charge on any atom is -0.464 e. The molecule has 0 fully saturated rings. The van der Waals surface area contributed by atoms with Crippen LogP contribution in [0.2, 0.25) is 0 Å². The van der Waals surface area contributed by atoms with Crippen molar-refractivity contribution in [2.24, 2.45) is 0 Å². The molecule has 2 aromatic rings. The number of rotatable bonds is 5. The summed E-state index contributed by atoms with van der Waals surface area (Å²) in [5.41, 5.74) is 6.46. The normalized spacial score (nSPS) is 10.3. The topological polar surface area (TPSA) is 103 Å². The lowest BCUT2D eigenvalue weighted by Gasteiger charge is -2.21. The number of nitrogens with zero attached hydrogens (tertiary/aromatic N) is 4. The number of nitrogen functional groups attached to an aromatic ring is 1. The molecule has 2 N–H and O–H groups in total. The number of ether oxygens (including phenoxy) is 1. The number of para-hydroxylation sites is 1. The second-order valence-electron chi connectivity index (χ2n) is 4.45. The number of nitrogens with two attached hydrogens (primary N) is 1. The van der Waals surface area contributed by atoms with Crippen molar-refractivity contribution in [3.05, 3.63) is 36.0 Å². The monoisotopic (exact) mass is 303 g/mol. The van der Waals surface area contributed by atoms with E-state index in [0.717, 1.165) is 5.69 Å². The van der Waals surface area contributed by atoms with Gasteiger partial charge in [0.05, 0.1) is 7.11 Å². The Morgan fingerprint density at radius 1 is 1.32 bits per heavy atom. The Balaban J connectivity index is 2.18. The van der Waals surface area contributed by atoms with Gasteiger partial charge in [0.15, 0.2) is 5.82 Å². The van der Waals surface area contributed by atoms with E-state index in [-0.39, 0.29) is 24.0 Å². The number of methoxy groups -OCH3 is 1. The highest BCUT2D eigenvalue weighted by Gasteiger charge is 2.21. The third-order valence-corrected chi connectivity index (χ3v) is 3.12. The summed E-state index contributed by atoms with van der Waals surface area (Å²) in [4.78, 5) is 25.4. The summed E-state index contributed by atoms with van der Waals surface area (Å²) in [6.45, 7) is 2.26. The van der Waals surface area contributed by atoms with E-state index in [1.165, 1.54) is 11.8 Å². The highest BCUT2D eigenvalue weighted by Crippen LogP contribution is 2.15. The molecule has 0 saturated carbocycles. The lowest BCUT2D eigenvalue weighted by molar-refractivity contribution is -0.119. The largest absolute Gasteiger partial charge is 0.464 e. The Morgan fingerprint density at radius 2 is 2.00 bits per heavy atom.